The normalized spacial score (nSPS) is 10.7. The zero-order chi connectivity index (χ0) is 14.4. The number of anilines is 1. The largest absolute Gasteiger partial charge is 0.361 e. The smallest absolute Gasteiger partial charge is 0.187 e. The molecule has 0 bridgehead atoms. The molecule has 0 aromatic heterocycles. The van der Waals surface area contributed by atoms with Crippen molar-refractivity contribution < 1.29 is 4.79 Å². The van der Waals surface area contributed by atoms with E-state index in [0.29, 0.717) is 5.56 Å². The Morgan fingerprint density at radius 1 is 1.10 bits per heavy atom. The number of para-hydroxylation sites is 1. The molecule has 2 rings (SSSR count). The number of ketones is 1. The molecular formula is C18H19NO. The SMILES string of the molecule is CCc1ccccc1N/C=C/C(=O)c1ccc(C)cc1. The molecule has 0 aliphatic heterocycles. The number of allylic oxidation sites excluding steroid dienone is 1. The Kier molecular flexibility index (Phi) is 4.72. The lowest BCUT2D eigenvalue weighted by atomic mass is 10.1. The van der Waals surface area contributed by atoms with Gasteiger partial charge in [-0.05, 0) is 25.0 Å². The number of benzene rings is 2. The van der Waals surface area contributed by atoms with Crippen molar-refractivity contribution in [2.24, 2.45) is 0 Å². The topological polar surface area (TPSA) is 29.1 Å². The summed E-state index contributed by atoms with van der Waals surface area (Å²) in [5, 5.41) is 3.17. The highest BCUT2D eigenvalue weighted by Crippen LogP contribution is 2.15. The Labute approximate surface area is 120 Å². The van der Waals surface area contributed by atoms with E-state index < -0.39 is 0 Å². The van der Waals surface area contributed by atoms with Gasteiger partial charge in [-0.1, -0.05) is 55.0 Å². The maximum absolute atomic E-state index is 12.0. The van der Waals surface area contributed by atoms with Crippen LogP contribution in [0.25, 0.3) is 0 Å². The first-order valence-electron chi connectivity index (χ1n) is 6.82. The van der Waals surface area contributed by atoms with Gasteiger partial charge < -0.3 is 5.32 Å². The third-order valence-electron chi connectivity index (χ3n) is 3.21. The summed E-state index contributed by atoms with van der Waals surface area (Å²) in [5.41, 5.74) is 4.14. The summed E-state index contributed by atoms with van der Waals surface area (Å²) in [6.45, 7) is 4.12. The summed E-state index contributed by atoms with van der Waals surface area (Å²) in [6.07, 6.45) is 4.23. The highest BCUT2D eigenvalue weighted by molar-refractivity contribution is 6.04. The van der Waals surface area contributed by atoms with E-state index in [-0.39, 0.29) is 5.78 Å². The van der Waals surface area contributed by atoms with Gasteiger partial charge in [0.05, 0.1) is 0 Å². The molecule has 2 nitrogen and oxygen atoms in total. The molecule has 1 N–H and O–H groups in total. The van der Waals surface area contributed by atoms with Crippen molar-refractivity contribution in [1.29, 1.82) is 0 Å². The lowest BCUT2D eigenvalue weighted by Gasteiger charge is -2.06. The molecule has 0 saturated carbocycles. The minimum absolute atomic E-state index is 0.00600. The Morgan fingerprint density at radius 2 is 1.80 bits per heavy atom. The van der Waals surface area contributed by atoms with Crippen LogP contribution in [0.4, 0.5) is 5.69 Å². The second-order valence-electron chi connectivity index (χ2n) is 4.72. The van der Waals surface area contributed by atoms with Crippen LogP contribution in [0.2, 0.25) is 0 Å². The van der Waals surface area contributed by atoms with Crippen LogP contribution >= 0.6 is 0 Å². The van der Waals surface area contributed by atoms with Gasteiger partial charge in [0.1, 0.15) is 0 Å². The summed E-state index contributed by atoms with van der Waals surface area (Å²) in [5.74, 6) is 0.00600. The van der Waals surface area contributed by atoms with Gasteiger partial charge in [-0.25, -0.2) is 0 Å². The van der Waals surface area contributed by atoms with Crippen LogP contribution in [-0.4, -0.2) is 5.78 Å². The van der Waals surface area contributed by atoms with E-state index >= 15 is 0 Å². The van der Waals surface area contributed by atoms with Gasteiger partial charge in [0.15, 0.2) is 5.78 Å². The van der Waals surface area contributed by atoms with E-state index in [1.54, 1.807) is 12.3 Å². The summed E-state index contributed by atoms with van der Waals surface area (Å²) < 4.78 is 0. The molecule has 0 aliphatic carbocycles. The molecule has 2 heteroatoms. The summed E-state index contributed by atoms with van der Waals surface area (Å²) in [4.78, 5) is 12.0. The molecule has 0 atom stereocenters. The third kappa shape index (κ3) is 3.58. The monoisotopic (exact) mass is 265 g/mol. The van der Waals surface area contributed by atoms with Crippen LogP contribution in [0, 0.1) is 6.92 Å². The predicted molar refractivity (Wildman–Crippen MR) is 84.1 cm³/mol. The van der Waals surface area contributed by atoms with Gasteiger partial charge in [-0.2, -0.15) is 0 Å². The minimum atomic E-state index is 0.00600. The molecular weight excluding hydrogens is 246 g/mol. The molecule has 0 fully saturated rings. The summed E-state index contributed by atoms with van der Waals surface area (Å²) in [7, 11) is 0. The summed E-state index contributed by atoms with van der Waals surface area (Å²) in [6, 6.07) is 15.7. The van der Waals surface area contributed by atoms with E-state index in [9.17, 15) is 4.79 Å². The molecule has 0 amide bonds. The Bertz CT molecular complexity index is 612. The Hall–Kier alpha value is -2.35. The fourth-order valence-corrected chi connectivity index (χ4v) is 1.99. The second-order valence-corrected chi connectivity index (χ2v) is 4.72. The molecule has 102 valence electrons. The van der Waals surface area contributed by atoms with Crippen LogP contribution in [-0.2, 0) is 6.42 Å². The quantitative estimate of drug-likeness (QED) is 0.642. The van der Waals surface area contributed by atoms with Crippen LogP contribution in [0.1, 0.15) is 28.4 Å². The maximum atomic E-state index is 12.0. The molecule has 0 heterocycles. The molecule has 0 unspecified atom stereocenters. The number of nitrogens with one attached hydrogen (secondary N) is 1. The molecule has 0 aliphatic rings. The lowest BCUT2D eigenvalue weighted by Crippen LogP contribution is -1.97. The number of rotatable bonds is 5. The van der Waals surface area contributed by atoms with Gasteiger partial charge in [0, 0.05) is 23.5 Å². The van der Waals surface area contributed by atoms with Crippen molar-refractivity contribution in [3.63, 3.8) is 0 Å². The maximum Gasteiger partial charge on any atom is 0.187 e. The highest BCUT2D eigenvalue weighted by Gasteiger charge is 2.01. The summed E-state index contributed by atoms with van der Waals surface area (Å²) >= 11 is 0. The van der Waals surface area contributed by atoms with Gasteiger partial charge >= 0.3 is 0 Å². The number of hydrogen-bond acceptors (Lipinski definition) is 2. The number of carbonyl (C=O) groups excluding carboxylic acids is 1. The minimum Gasteiger partial charge on any atom is -0.361 e. The van der Waals surface area contributed by atoms with Gasteiger partial charge in [0.2, 0.25) is 0 Å². The van der Waals surface area contributed by atoms with Crippen molar-refractivity contribution in [2.45, 2.75) is 20.3 Å². The van der Waals surface area contributed by atoms with Crippen molar-refractivity contribution in [1.82, 2.24) is 0 Å². The third-order valence-corrected chi connectivity index (χ3v) is 3.21. The van der Waals surface area contributed by atoms with E-state index in [0.717, 1.165) is 17.7 Å². The average Bonchev–Trinajstić information content (AvgIpc) is 2.48. The van der Waals surface area contributed by atoms with Crippen molar-refractivity contribution in [3.05, 3.63) is 77.5 Å². The zero-order valence-corrected chi connectivity index (χ0v) is 11.9. The van der Waals surface area contributed by atoms with Gasteiger partial charge in [0.25, 0.3) is 0 Å². The Balaban J connectivity index is 2.03. The van der Waals surface area contributed by atoms with Crippen molar-refractivity contribution in [2.75, 3.05) is 5.32 Å². The van der Waals surface area contributed by atoms with E-state index in [1.165, 1.54) is 5.56 Å². The Morgan fingerprint density at radius 3 is 2.50 bits per heavy atom. The molecule has 2 aromatic rings. The van der Waals surface area contributed by atoms with Crippen LogP contribution in [0.3, 0.4) is 0 Å². The average molecular weight is 265 g/mol. The van der Waals surface area contributed by atoms with Gasteiger partial charge in [-0.15, -0.1) is 0 Å². The number of carbonyl (C=O) groups is 1. The zero-order valence-electron chi connectivity index (χ0n) is 11.9. The first-order chi connectivity index (χ1) is 9.70. The fraction of sp³-hybridized carbons (Fsp3) is 0.167. The fourth-order valence-electron chi connectivity index (χ4n) is 1.99. The van der Waals surface area contributed by atoms with Crippen LogP contribution in [0.5, 0.6) is 0 Å². The highest BCUT2D eigenvalue weighted by atomic mass is 16.1. The van der Waals surface area contributed by atoms with Crippen molar-refractivity contribution >= 4 is 11.5 Å². The standard InChI is InChI=1S/C18H19NO/c1-3-15-6-4-5-7-17(15)19-13-12-18(20)16-10-8-14(2)9-11-16/h4-13,19H,3H2,1-2H3/b13-12+. The second kappa shape index (κ2) is 6.71. The molecule has 0 radical (unpaired) electrons. The number of aryl methyl sites for hydroxylation is 2. The van der Waals surface area contributed by atoms with E-state index in [2.05, 4.69) is 18.3 Å². The lowest BCUT2D eigenvalue weighted by molar-refractivity contribution is 0.104. The predicted octanol–water partition coefficient (Wildman–Crippen LogP) is 4.37. The molecule has 0 spiro atoms. The molecule has 20 heavy (non-hydrogen) atoms. The molecule has 2 aromatic carbocycles. The van der Waals surface area contributed by atoms with E-state index in [1.807, 2.05) is 49.4 Å². The van der Waals surface area contributed by atoms with Gasteiger partial charge in [-0.3, -0.25) is 4.79 Å². The first kappa shape index (κ1) is 14.1. The van der Waals surface area contributed by atoms with Crippen molar-refractivity contribution in [3.8, 4) is 0 Å². The van der Waals surface area contributed by atoms with Crippen LogP contribution < -0.4 is 5.32 Å². The van der Waals surface area contributed by atoms with E-state index in [4.69, 9.17) is 0 Å². The first-order valence-corrected chi connectivity index (χ1v) is 6.82. The molecule has 0 saturated heterocycles. The van der Waals surface area contributed by atoms with Crippen LogP contribution in [0.15, 0.2) is 60.8 Å². The number of hydrogen-bond donors (Lipinski definition) is 1.